The normalized spacial score (nSPS) is 14.9. The molecule has 1 aliphatic heterocycles. The molecular formula is C22H23ClN6O3. The van der Waals surface area contributed by atoms with Crippen LogP contribution in [-0.4, -0.2) is 52.3 Å². The first kappa shape index (κ1) is 21.6. The Morgan fingerprint density at radius 3 is 2.84 bits per heavy atom. The van der Waals surface area contributed by atoms with Gasteiger partial charge in [0.25, 0.3) is 5.91 Å². The molecule has 0 radical (unpaired) electrons. The highest BCUT2D eigenvalue weighted by Crippen LogP contribution is 2.33. The van der Waals surface area contributed by atoms with Gasteiger partial charge >= 0.3 is 0 Å². The Kier molecular flexibility index (Phi) is 6.55. The molecule has 2 amide bonds. The number of anilines is 2. The molecule has 0 saturated heterocycles. The van der Waals surface area contributed by atoms with Gasteiger partial charge < -0.3 is 20.3 Å². The molecule has 32 heavy (non-hydrogen) atoms. The van der Waals surface area contributed by atoms with Gasteiger partial charge in [-0.3, -0.25) is 9.59 Å². The number of carbonyl (C=O) groups is 2. The van der Waals surface area contributed by atoms with Gasteiger partial charge in [0.05, 0.1) is 30.2 Å². The molecule has 1 atom stereocenters. The van der Waals surface area contributed by atoms with Crippen LogP contribution >= 0.6 is 11.6 Å². The minimum absolute atomic E-state index is 0.0290. The summed E-state index contributed by atoms with van der Waals surface area (Å²) in [7, 11) is 0. The zero-order chi connectivity index (χ0) is 22.5. The first-order valence-electron chi connectivity index (χ1n) is 10.3. The maximum absolute atomic E-state index is 13.0. The minimum atomic E-state index is -0.707. The number of para-hydroxylation sites is 2. The number of rotatable bonds is 7. The van der Waals surface area contributed by atoms with Gasteiger partial charge in [0.1, 0.15) is 18.4 Å². The molecule has 0 fully saturated rings. The molecule has 0 unspecified atom stereocenters. The van der Waals surface area contributed by atoms with E-state index in [1.165, 1.54) is 12.7 Å². The summed E-state index contributed by atoms with van der Waals surface area (Å²) < 4.78 is 7.43. The van der Waals surface area contributed by atoms with Crippen molar-refractivity contribution in [1.82, 2.24) is 20.1 Å². The van der Waals surface area contributed by atoms with Gasteiger partial charge in [-0.15, -0.1) is 0 Å². The van der Waals surface area contributed by atoms with Crippen LogP contribution in [0.15, 0.2) is 55.1 Å². The lowest BCUT2D eigenvalue weighted by molar-refractivity contribution is -0.128. The van der Waals surface area contributed by atoms with Gasteiger partial charge in [0.2, 0.25) is 5.91 Å². The van der Waals surface area contributed by atoms with E-state index in [1.54, 1.807) is 28.9 Å². The quantitative estimate of drug-likeness (QED) is 0.569. The number of nitrogens with zero attached hydrogens (tertiary/aromatic N) is 4. The van der Waals surface area contributed by atoms with E-state index >= 15 is 0 Å². The Morgan fingerprint density at radius 1 is 1.22 bits per heavy atom. The van der Waals surface area contributed by atoms with Gasteiger partial charge in [-0.25, -0.2) is 9.67 Å². The first-order chi connectivity index (χ1) is 15.5. The van der Waals surface area contributed by atoms with E-state index in [2.05, 4.69) is 20.7 Å². The number of carbonyl (C=O) groups excluding carboxylic acids is 2. The molecular weight excluding hydrogens is 432 g/mol. The lowest BCUT2D eigenvalue weighted by Gasteiger charge is -2.35. The Hall–Kier alpha value is -3.59. The van der Waals surface area contributed by atoms with Crippen molar-refractivity contribution in [3.05, 3.63) is 60.1 Å². The molecule has 0 aliphatic carbocycles. The van der Waals surface area contributed by atoms with Crippen LogP contribution in [0.3, 0.4) is 0 Å². The summed E-state index contributed by atoms with van der Waals surface area (Å²) >= 11 is 6.15. The van der Waals surface area contributed by atoms with Crippen LogP contribution in [0.25, 0.3) is 5.69 Å². The van der Waals surface area contributed by atoms with Gasteiger partial charge in [0.15, 0.2) is 6.10 Å². The summed E-state index contributed by atoms with van der Waals surface area (Å²) in [5, 5.41) is 10.4. The molecule has 3 aromatic rings. The highest BCUT2D eigenvalue weighted by atomic mass is 35.5. The summed E-state index contributed by atoms with van der Waals surface area (Å²) in [6.07, 6.45) is 3.07. The van der Waals surface area contributed by atoms with Crippen molar-refractivity contribution in [3.8, 4) is 11.4 Å². The predicted molar refractivity (Wildman–Crippen MR) is 121 cm³/mol. The molecule has 10 heteroatoms. The molecule has 2 aromatic carbocycles. The zero-order valence-corrected chi connectivity index (χ0v) is 18.2. The lowest BCUT2D eigenvalue weighted by atomic mass is 10.1. The fourth-order valence-corrected chi connectivity index (χ4v) is 3.63. The van der Waals surface area contributed by atoms with Crippen molar-refractivity contribution in [2.45, 2.75) is 19.4 Å². The number of halogens is 1. The molecule has 0 spiro atoms. The van der Waals surface area contributed by atoms with Crippen LogP contribution in [0.5, 0.6) is 5.75 Å². The van der Waals surface area contributed by atoms with Gasteiger partial charge in [-0.1, -0.05) is 30.7 Å². The number of hydrogen-bond donors (Lipinski definition) is 2. The molecule has 0 saturated carbocycles. The smallest absolute Gasteiger partial charge is 0.262 e. The van der Waals surface area contributed by atoms with Crippen molar-refractivity contribution in [2.24, 2.45) is 0 Å². The molecule has 0 bridgehead atoms. The van der Waals surface area contributed by atoms with E-state index in [4.69, 9.17) is 16.3 Å². The molecule has 4 rings (SSSR count). The van der Waals surface area contributed by atoms with Crippen LogP contribution in [0.2, 0.25) is 5.02 Å². The van der Waals surface area contributed by atoms with E-state index in [1.807, 2.05) is 30.0 Å². The molecule has 9 nitrogen and oxygen atoms in total. The number of fused-ring (bicyclic) bond motifs is 1. The summed E-state index contributed by atoms with van der Waals surface area (Å²) in [5.41, 5.74) is 1.90. The average molecular weight is 455 g/mol. The van der Waals surface area contributed by atoms with Crippen molar-refractivity contribution in [1.29, 1.82) is 0 Å². The largest absolute Gasteiger partial charge is 0.477 e. The Labute approximate surface area is 190 Å². The molecule has 2 heterocycles. The second-order valence-electron chi connectivity index (χ2n) is 7.30. The van der Waals surface area contributed by atoms with Crippen LogP contribution < -0.4 is 20.3 Å². The van der Waals surface area contributed by atoms with Crippen LogP contribution in [0.4, 0.5) is 11.4 Å². The van der Waals surface area contributed by atoms with Gasteiger partial charge in [-0.05, 0) is 36.8 Å². The van der Waals surface area contributed by atoms with E-state index < -0.39 is 6.10 Å². The first-order valence-corrected chi connectivity index (χ1v) is 10.7. The fraction of sp³-hybridized carbons (Fsp3) is 0.273. The van der Waals surface area contributed by atoms with Crippen molar-refractivity contribution in [3.63, 3.8) is 0 Å². The second kappa shape index (κ2) is 9.69. The predicted octanol–water partition coefficient (Wildman–Crippen LogP) is 2.65. The van der Waals surface area contributed by atoms with E-state index in [0.717, 1.165) is 12.1 Å². The number of hydrogen-bond acceptors (Lipinski definition) is 6. The third-order valence-electron chi connectivity index (χ3n) is 4.94. The maximum atomic E-state index is 13.0. The Balaban J connectivity index is 1.53. The highest BCUT2D eigenvalue weighted by molar-refractivity contribution is 6.31. The Bertz CT molecular complexity index is 1100. The maximum Gasteiger partial charge on any atom is 0.262 e. The number of nitrogens with one attached hydrogen (secondary N) is 2. The number of benzene rings is 2. The third kappa shape index (κ3) is 4.83. The number of aromatic nitrogens is 3. The number of amides is 2. The summed E-state index contributed by atoms with van der Waals surface area (Å²) in [6, 6.07) is 12.5. The summed E-state index contributed by atoms with van der Waals surface area (Å²) in [5.74, 6) is 0.0994. The fourth-order valence-electron chi connectivity index (χ4n) is 3.46. The summed E-state index contributed by atoms with van der Waals surface area (Å²) in [6.45, 7) is 2.84. The van der Waals surface area contributed by atoms with Crippen molar-refractivity contribution in [2.75, 3.05) is 29.9 Å². The van der Waals surface area contributed by atoms with Crippen LogP contribution in [0, 0.1) is 0 Å². The van der Waals surface area contributed by atoms with Gasteiger partial charge in [-0.2, -0.15) is 5.10 Å². The number of ether oxygens (including phenoxy) is 1. The zero-order valence-electron chi connectivity index (χ0n) is 17.5. The second-order valence-corrected chi connectivity index (χ2v) is 7.73. The molecule has 2 N–H and O–H groups in total. The topological polar surface area (TPSA) is 101 Å². The van der Waals surface area contributed by atoms with Crippen molar-refractivity contribution < 1.29 is 14.3 Å². The van der Waals surface area contributed by atoms with E-state index in [9.17, 15) is 9.59 Å². The molecule has 1 aromatic heterocycles. The summed E-state index contributed by atoms with van der Waals surface area (Å²) in [4.78, 5) is 31.3. The SMILES string of the molecule is CCCNC(=O)[C@@H]1CN(CC(=O)Nc2cc(Cl)ccc2-n2cncn2)c2ccccc2O1. The third-order valence-corrected chi connectivity index (χ3v) is 5.17. The lowest BCUT2D eigenvalue weighted by Crippen LogP contribution is -2.50. The molecule has 166 valence electrons. The van der Waals surface area contributed by atoms with E-state index in [-0.39, 0.29) is 24.9 Å². The van der Waals surface area contributed by atoms with Crippen molar-refractivity contribution >= 4 is 34.8 Å². The van der Waals surface area contributed by atoms with E-state index in [0.29, 0.717) is 28.7 Å². The monoisotopic (exact) mass is 454 g/mol. The molecule has 1 aliphatic rings. The average Bonchev–Trinajstić information content (AvgIpc) is 3.32. The minimum Gasteiger partial charge on any atom is -0.477 e. The van der Waals surface area contributed by atoms with Crippen LogP contribution in [0.1, 0.15) is 13.3 Å². The van der Waals surface area contributed by atoms with Crippen LogP contribution in [-0.2, 0) is 9.59 Å². The Morgan fingerprint density at radius 2 is 2.06 bits per heavy atom. The standard InChI is InChI=1S/C22H23ClN6O3/c1-2-9-25-22(31)20-11-28(18-5-3-4-6-19(18)32-20)12-21(30)27-16-10-15(23)7-8-17(16)29-14-24-13-26-29/h3-8,10,13-14,20H,2,9,11-12H2,1H3,(H,25,31)(H,27,30)/t20-/m0/s1. The van der Waals surface area contributed by atoms with Gasteiger partial charge in [0, 0.05) is 11.6 Å². The highest BCUT2D eigenvalue weighted by Gasteiger charge is 2.31.